The Hall–Kier alpha value is -4.68. The van der Waals surface area contributed by atoms with Crippen molar-refractivity contribution >= 4 is 29.4 Å². The van der Waals surface area contributed by atoms with E-state index in [-0.39, 0.29) is 43.4 Å². The zero-order valence-corrected chi connectivity index (χ0v) is 18.6. The second kappa shape index (κ2) is 9.17. The number of carbonyl (C=O) groups excluding carboxylic acids is 4. The first-order valence-corrected chi connectivity index (χ1v) is 11.0. The number of piperidine rings is 1. The van der Waals surface area contributed by atoms with Gasteiger partial charge in [-0.1, -0.05) is 5.21 Å². The predicted molar refractivity (Wildman–Crippen MR) is 120 cm³/mol. The molecule has 5 amide bonds. The second-order valence-corrected chi connectivity index (χ2v) is 8.33. The summed E-state index contributed by atoms with van der Waals surface area (Å²) in [5.41, 5.74) is 2.32. The van der Waals surface area contributed by atoms with Crippen molar-refractivity contribution in [2.24, 2.45) is 0 Å². The van der Waals surface area contributed by atoms with Crippen molar-refractivity contribution < 1.29 is 28.0 Å². The van der Waals surface area contributed by atoms with Crippen LogP contribution in [0.4, 0.5) is 19.3 Å². The minimum atomic E-state index is -1.08. The van der Waals surface area contributed by atoms with Crippen LogP contribution in [0.25, 0.3) is 5.69 Å². The lowest BCUT2D eigenvalue weighted by Crippen LogP contribution is -2.52. The van der Waals surface area contributed by atoms with Gasteiger partial charge in [0.2, 0.25) is 11.8 Å². The first-order chi connectivity index (χ1) is 17.3. The molecule has 36 heavy (non-hydrogen) atoms. The lowest BCUT2D eigenvalue weighted by Gasteiger charge is -2.29. The van der Waals surface area contributed by atoms with Crippen molar-refractivity contribution in [2.45, 2.75) is 32.0 Å². The summed E-state index contributed by atoms with van der Waals surface area (Å²) in [4.78, 5) is 50.0. The number of rotatable bonds is 5. The molecule has 2 aliphatic heterocycles. The van der Waals surface area contributed by atoms with E-state index in [9.17, 15) is 28.0 Å². The van der Waals surface area contributed by atoms with E-state index < -0.39 is 29.6 Å². The summed E-state index contributed by atoms with van der Waals surface area (Å²) in [6, 6.07) is 6.76. The number of anilines is 1. The van der Waals surface area contributed by atoms with E-state index in [1.54, 1.807) is 24.4 Å². The number of hydrogen-bond donors (Lipinski definition) is 3. The standard InChI is InChI=1S/C23H19F2N7O4/c24-17-4-1-13(8-18(17)25)27-23(36)26-9-14-11-32(30-29-14)15-2-3-16-12(7-15)10-31(22(16)35)19-5-6-20(33)28-21(19)34/h1-4,7-8,11,19H,5-6,9-10H2,(H2,26,27,36)(H,28,33,34). The van der Waals surface area contributed by atoms with Crippen LogP contribution in [0.3, 0.4) is 0 Å². The molecule has 3 N–H and O–H groups in total. The van der Waals surface area contributed by atoms with Gasteiger partial charge in [-0.15, -0.1) is 5.10 Å². The quantitative estimate of drug-likeness (QED) is 0.460. The Kier molecular flexibility index (Phi) is 5.88. The van der Waals surface area contributed by atoms with Crippen molar-refractivity contribution in [1.82, 2.24) is 30.5 Å². The zero-order valence-electron chi connectivity index (χ0n) is 18.6. The molecule has 0 spiro atoms. The molecule has 0 saturated carbocycles. The van der Waals surface area contributed by atoms with Gasteiger partial charge in [0.05, 0.1) is 18.4 Å². The Morgan fingerprint density at radius 2 is 1.94 bits per heavy atom. The number of benzene rings is 2. The van der Waals surface area contributed by atoms with E-state index in [0.29, 0.717) is 22.5 Å². The SMILES string of the molecule is O=C1CCC(N2Cc3cc(-n4cc(CNC(=O)Nc5ccc(F)c(F)c5)nn4)ccc3C2=O)C(=O)N1. The molecule has 0 aliphatic carbocycles. The summed E-state index contributed by atoms with van der Waals surface area (Å²) >= 11 is 0. The van der Waals surface area contributed by atoms with E-state index in [1.807, 2.05) is 0 Å². The molecule has 0 bridgehead atoms. The molecule has 11 nitrogen and oxygen atoms in total. The average Bonchev–Trinajstić information content (AvgIpc) is 3.45. The van der Waals surface area contributed by atoms with Gasteiger partial charge in [-0.25, -0.2) is 18.3 Å². The van der Waals surface area contributed by atoms with Gasteiger partial charge in [0, 0.05) is 30.3 Å². The van der Waals surface area contributed by atoms with Gasteiger partial charge in [0.15, 0.2) is 11.6 Å². The average molecular weight is 495 g/mol. The van der Waals surface area contributed by atoms with Crippen molar-refractivity contribution in [1.29, 1.82) is 0 Å². The van der Waals surface area contributed by atoms with Crippen LogP contribution in [0.15, 0.2) is 42.6 Å². The van der Waals surface area contributed by atoms with Crippen LogP contribution < -0.4 is 16.0 Å². The van der Waals surface area contributed by atoms with E-state index in [2.05, 4.69) is 26.3 Å². The number of urea groups is 1. The zero-order chi connectivity index (χ0) is 25.4. The maximum Gasteiger partial charge on any atom is 0.319 e. The van der Waals surface area contributed by atoms with Gasteiger partial charge in [0.1, 0.15) is 11.7 Å². The molecular formula is C23H19F2N7O4. The Morgan fingerprint density at radius 3 is 2.72 bits per heavy atom. The fourth-order valence-electron chi connectivity index (χ4n) is 4.13. The van der Waals surface area contributed by atoms with Crippen LogP contribution in [0.5, 0.6) is 0 Å². The van der Waals surface area contributed by atoms with Crippen LogP contribution in [-0.2, 0) is 22.7 Å². The summed E-state index contributed by atoms with van der Waals surface area (Å²) in [6.07, 6.45) is 2.05. The molecule has 2 aliphatic rings. The van der Waals surface area contributed by atoms with E-state index in [4.69, 9.17) is 0 Å². The molecule has 1 atom stereocenters. The molecule has 1 fully saturated rings. The highest BCUT2D eigenvalue weighted by Gasteiger charge is 2.39. The third-order valence-electron chi connectivity index (χ3n) is 5.92. The van der Waals surface area contributed by atoms with Crippen molar-refractivity contribution in [3.05, 3.63) is 71.1 Å². The van der Waals surface area contributed by atoms with Gasteiger partial charge in [-0.3, -0.25) is 19.7 Å². The Labute approximate surface area is 202 Å². The van der Waals surface area contributed by atoms with E-state index in [1.165, 1.54) is 15.6 Å². The molecule has 3 aromatic rings. The fraction of sp³-hybridized carbons (Fsp3) is 0.217. The van der Waals surface area contributed by atoms with Crippen LogP contribution in [0.2, 0.25) is 0 Å². The summed E-state index contributed by atoms with van der Waals surface area (Å²) in [6.45, 7) is 0.240. The van der Waals surface area contributed by atoms with Gasteiger partial charge < -0.3 is 15.5 Å². The molecule has 0 radical (unpaired) electrons. The topological polar surface area (TPSA) is 138 Å². The number of nitrogens with zero attached hydrogens (tertiary/aromatic N) is 4. The summed E-state index contributed by atoms with van der Waals surface area (Å²) in [5, 5.41) is 15.3. The molecule has 5 rings (SSSR count). The first-order valence-electron chi connectivity index (χ1n) is 11.0. The van der Waals surface area contributed by atoms with Crippen molar-refractivity contribution in [3.63, 3.8) is 0 Å². The molecular weight excluding hydrogens is 476 g/mol. The largest absolute Gasteiger partial charge is 0.332 e. The molecule has 1 unspecified atom stereocenters. The number of carbonyl (C=O) groups is 4. The number of amides is 5. The van der Waals surface area contributed by atoms with Gasteiger partial charge >= 0.3 is 6.03 Å². The predicted octanol–water partition coefficient (Wildman–Crippen LogP) is 1.63. The molecule has 2 aromatic carbocycles. The van der Waals surface area contributed by atoms with Crippen LogP contribution >= 0.6 is 0 Å². The van der Waals surface area contributed by atoms with E-state index >= 15 is 0 Å². The Morgan fingerprint density at radius 1 is 1.11 bits per heavy atom. The molecule has 1 saturated heterocycles. The second-order valence-electron chi connectivity index (χ2n) is 8.33. The highest BCUT2D eigenvalue weighted by molar-refractivity contribution is 6.05. The summed E-state index contributed by atoms with van der Waals surface area (Å²) in [7, 11) is 0. The highest BCUT2D eigenvalue weighted by Crippen LogP contribution is 2.29. The number of hydrogen-bond acceptors (Lipinski definition) is 6. The van der Waals surface area contributed by atoms with Gasteiger partial charge in [0.25, 0.3) is 5.91 Å². The Bertz CT molecular complexity index is 1410. The number of halogens is 2. The van der Waals surface area contributed by atoms with Gasteiger partial charge in [-0.2, -0.15) is 0 Å². The van der Waals surface area contributed by atoms with Crippen LogP contribution in [-0.4, -0.2) is 49.7 Å². The highest BCUT2D eigenvalue weighted by atomic mass is 19.2. The lowest BCUT2D eigenvalue weighted by atomic mass is 10.0. The fourth-order valence-corrected chi connectivity index (χ4v) is 4.13. The normalized spacial score (nSPS) is 17.1. The van der Waals surface area contributed by atoms with Crippen molar-refractivity contribution in [3.8, 4) is 5.69 Å². The molecule has 3 heterocycles. The third kappa shape index (κ3) is 4.50. The third-order valence-corrected chi connectivity index (χ3v) is 5.92. The minimum Gasteiger partial charge on any atom is -0.332 e. The molecule has 184 valence electrons. The number of aromatic nitrogens is 3. The minimum absolute atomic E-state index is 0.0161. The van der Waals surface area contributed by atoms with Gasteiger partial charge in [-0.05, 0) is 42.3 Å². The maximum absolute atomic E-state index is 13.3. The first kappa shape index (κ1) is 23.1. The monoisotopic (exact) mass is 495 g/mol. The maximum atomic E-state index is 13.3. The van der Waals surface area contributed by atoms with E-state index in [0.717, 1.165) is 12.1 Å². The van der Waals surface area contributed by atoms with Crippen LogP contribution in [0, 0.1) is 11.6 Å². The van der Waals surface area contributed by atoms with Crippen molar-refractivity contribution in [2.75, 3.05) is 5.32 Å². The molecule has 1 aromatic heterocycles. The smallest absolute Gasteiger partial charge is 0.319 e. The Balaban J connectivity index is 1.22. The summed E-state index contributed by atoms with van der Waals surface area (Å²) in [5.74, 6) is -3.19. The summed E-state index contributed by atoms with van der Waals surface area (Å²) < 4.78 is 27.8. The lowest BCUT2D eigenvalue weighted by molar-refractivity contribution is -0.136. The number of imide groups is 1. The number of nitrogens with one attached hydrogen (secondary N) is 3. The number of fused-ring (bicyclic) bond motifs is 1. The van der Waals surface area contributed by atoms with Crippen LogP contribution in [0.1, 0.15) is 34.5 Å². The molecule has 13 heteroatoms.